The quantitative estimate of drug-likeness (QED) is 0.577. The second-order valence-electron chi connectivity index (χ2n) is 8.02. The molecular weight excluding hydrogens is 460 g/mol. The molecule has 9 heteroatoms. The zero-order valence-electron chi connectivity index (χ0n) is 18.0. The van der Waals surface area contributed by atoms with Crippen LogP contribution in [0.1, 0.15) is 22.3 Å². The predicted molar refractivity (Wildman–Crippen MR) is 126 cm³/mol. The number of nitrogens with zero attached hydrogens (tertiary/aromatic N) is 1. The van der Waals surface area contributed by atoms with Gasteiger partial charge < -0.3 is 4.90 Å². The van der Waals surface area contributed by atoms with Crippen LogP contribution in [0.5, 0.6) is 0 Å². The van der Waals surface area contributed by atoms with E-state index in [1.807, 2.05) is 13.0 Å². The number of amides is 1. The fourth-order valence-corrected chi connectivity index (χ4v) is 6.70. The highest BCUT2D eigenvalue weighted by Gasteiger charge is 2.36. The molecule has 1 aliphatic heterocycles. The SMILES string of the molecule is Cc1cccc(S(=O)(=O)Nc2ccc(C(=O)N3CCC(S(=O)(=O)c4ccccc4)C3)cc2)c1. The molecule has 4 rings (SSSR count). The number of sulfone groups is 1. The van der Waals surface area contributed by atoms with Crippen molar-refractivity contribution in [3.8, 4) is 0 Å². The number of nitrogens with one attached hydrogen (secondary N) is 1. The molecule has 0 saturated carbocycles. The third-order valence-electron chi connectivity index (χ3n) is 5.63. The van der Waals surface area contributed by atoms with Gasteiger partial charge in [0.1, 0.15) is 0 Å². The molecule has 3 aromatic carbocycles. The van der Waals surface area contributed by atoms with E-state index in [1.54, 1.807) is 42.5 Å². The molecule has 1 amide bonds. The van der Waals surface area contributed by atoms with E-state index in [2.05, 4.69) is 4.72 Å². The summed E-state index contributed by atoms with van der Waals surface area (Å²) < 4.78 is 53.4. The highest BCUT2D eigenvalue weighted by molar-refractivity contribution is 7.92. The van der Waals surface area contributed by atoms with E-state index >= 15 is 0 Å². The van der Waals surface area contributed by atoms with Gasteiger partial charge in [0.25, 0.3) is 15.9 Å². The Morgan fingerprint density at radius 3 is 2.21 bits per heavy atom. The lowest BCUT2D eigenvalue weighted by molar-refractivity contribution is 0.0793. The van der Waals surface area contributed by atoms with Crippen molar-refractivity contribution in [2.75, 3.05) is 17.8 Å². The van der Waals surface area contributed by atoms with Gasteiger partial charge in [0, 0.05) is 24.3 Å². The molecule has 1 atom stereocenters. The average molecular weight is 485 g/mol. The molecule has 3 aromatic rings. The van der Waals surface area contributed by atoms with Crippen molar-refractivity contribution >= 4 is 31.5 Å². The standard InChI is InChI=1S/C24H24N2O5S2/c1-18-6-5-9-22(16-18)33(30,31)25-20-12-10-19(11-13-20)24(27)26-15-14-23(17-26)32(28,29)21-7-3-2-4-8-21/h2-13,16,23,25H,14-15,17H2,1H3. The van der Waals surface area contributed by atoms with E-state index in [1.165, 1.54) is 35.2 Å². The Morgan fingerprint density at radius 2 is 1.55 bits per heavy atom. The number of hydrogen-bond donors (Lipinski definition) is 1. The fraction of sp³-hybridized carbons (Fsp3) is 0.208. The predicted octanol–water partition coefficient (Wildman–Crippen LogP) is 3.48. The summed E-state index contributed by atoms with van der Waals surface area (Å²) >= 11 is 0. The molecule has 1 fully saturated rings. The van der Waals surface area contributed by atoms with Crippen molar-refractivity contribution in [1.82, 2.24) is 4.90 Å². The molecule has 33 heavy (non-hydrogen) atoms. The van der Waals surface area contributed by atoms with E-state index in [4.69, 9.17) is 0 Å². The largest absolute Gasteiger partial charge is 0.337 e. The summed E-state index contributed by atoms with van der Waals surface area (Å²) in [5.74, 6) is -0.283. The van der Waals surface area contributed by atoms with Gasteiger partial charge in [-0.05, 0) is 67.4 Å². The lowest BCUT2D eigenvalue weighted by atomic mass is 10.2. The molecule has 7 nitrogen and oxygen atoms in total. The van der Waals surface area contributed by atoms with Crippen molar-refractivity contribution in [3.05, 3.63) is 90.0 Å². The van der Waals surface area contributed by atoms with E-state index in [-0.39, 0.29) is 22.2 Å². The minimum atomic E-state index is -3.75. The van der Waals surface area contributed by atoms with Crippen molar-refractivity contribution in [2.24, 2.45) is 0 Å². The molecule has 0 bridgehead atoms. The van der Waals surface area contributed by atoms with E-state index in [0.29, 0.717) is 24.2 Å². The normalized spacial score (nSPS) is 16.5. The number of hydrogen-bond acceptors (Lipinski definition) is 5. The van der Waals surface area contributed by atoms with Crippen LogP contribution in [0.25, 0.3) is 0 Å². The van der Waals surface area contributed by atoms with Gasteiger partial charge in [-0.3, -0.25) is 9.52 Å². The van der Waals surface area contributed by atoms with Crippen LogP contribution in [-0.4, -0.2) is 46.0 Å². The van der Waals surface area contributed by atoms with Crippen molar-refractivity contribution in [1.29, 1.82) is 0 Å². The first-order chi connectivity index (χ1) is 15.7. The lowest BCUT2D eigenvalue weighted by Crippen LogP contribution is -2.31. The molecule has 1 heterocycles. The summed E-state index contributed by atoms with van der Waals surface area (Å²) in [7, 11) is -7.26. The summed E-state index contributed by atoms with van der Waals surface area (Å²) in [5, 5.41) is -0.649. The minimum absolute atomic E-state index is 0.123. The summed E-state index contributed by atoms with van der Waals surface area (Å²) in [6, 6.07) is 20.9. The smallest absolute Gasteiger partial charge is 0.261 e. The van der Waals surface area contributed by atoms with Crippen molar-refractivity contribution in [3.63, 3.8) is 0 Å². The second kappa shape index (κ2) is 8.99. The summed E-state index contributed by atoms with van der Waals surface area (Å²) in [5.41, 5.74) is 1.53. The number of benzene rings is 3. The number of likely N-dealkylation sites (tertiary alicyclic amines) is 1. The first-order valence-electron chi connectivity index (χ1n) is 10.4. The van der Waals surface area contributed by atoms with Crippen molar-refractivity contribution < 1.29 is 21.6 Å². The maximum absolute atomic E-state index is 12.9. The molecule has 0 radical (unpaired) electrons. The molecule has 1 saturated heterocycles. The summed E-state index contributed by atoms with van der Waals surface area (Å²) in [6.45, 7) is 2.28. The van der Waals surface area contributed by atoms with Gasteiger partial charge in [-0.15, -0.1) is 0 Å². The Bertz CT molecular complexity index is 1370. The molecule has 172 valence electrons. The Morgan fingerprint density at radius 1 is 0.879 bits per heavy atom. The van der Waals surface area contributed by atoms with Crippen molar-refractivity contribution in [2.45, 2.75) is 28.4 Å². The summed E-state index contributed by atoms with van der Waals surface area (Å²) in [6.07, 6.45) is 0.372. The average Bonchev–Trinajstić information content (AvgIpc) is 3.31. The van der Waals surface area contributed by atoms with Crippen LogP contribution in [0, 0.1) is 6.92 Å². The van der Waals surface area contributed by atoms with Gasteiger partial charge >= 0.3 is 0 Å². The summed E-state index contributed by atoms with van der Waals surface area (Å²) in [4.78, 5) is 14.8. The molecule has 0 aromatic heterocycles. The second-order valence-corrected chi connectivity index (χ2v) is 11.9. The number of anilines is 1. The Labute approximate surface area is 194 Å². The molecule has 0 spiro atoms. The lowest BCUT2D eigenvalue weighted by Gasteiger charge is -2.17. The van der Waals surface area contributed by atoms with Gasteiger partial charge in [-0.25, -0.2) is 16.8 Å². The highest BCUT2D eigenvalue weighted by atomic mass is 32.2. The number of rotatable bonds is 6. The van der Waals surface area contributed by atoms with Crippen LogP contribution in [0.4, 0.5) is 5.69 Å². The zero-order chi connectivity index (χ0) is 23.6. The van der Waals surface area contributed by atoms with E-state index < -0.39 is 25.1 Å². The maximum atomic E-state index is 12.9. The first-order valence-corrected chi connectivity index (χ1v) is 13.5. The number of sulfonamides is 1. The van der Waals surface area contributed by atoms with Crippen LogP contribution < -0.4 is 4.72 Å². The Hall–Kier alpha value is -3.17. The number of carbonyl (C=O) groups is 1. The maximum Gasteiger partial charge on any atom is 0.261 e. The van der Waals surface area contributed by atoms with Gasteiger partial charge in [-0.1, -0.05) is 30.3 Å². The third-order valence-corrected chi connectivity index (χ3v) is 9.20. The monoisotopic (exact) mass is 484 g/mol. The molecule has 1 unspecified atom stereocenters. The number of carbonyl (C=O) groups excluding carboxylic acids is 1. The number of aryl methyl sites for hydroxylation is 1. The van der Waals surface area contributed by atoms with Gasteiger partial charge in [0.2, 0.25) is 0 Å². The Kier molecular flexibility index (Phi) is 6.27. The van der Waals surface area contributed by atoms with Crippen LogP contribution >= 0.6 is 0 Å². The molecule has 0 aliphatic carbocycles. The first kappa shape index (κ1) is 23.0. The van der Waals surface area contributed by atoms with E-state index in [0.717, 1.165) is 5.56 Å². The van der Waals surface area contributed by atoms with E-state index in [9.17, 15) is 21.6 Å². The highest BCUT2D eigenvalue weighted by Crippen LogP contribution is 2.25. The van der Waals surface area contributed by atoms with Gasteiger partial charge in [0.15, 0.2) is 9.84 Å². The van der Waals surface area contributed by atoms with Crippen LogP contribution in [0.15, 0.2) is 88.7 Å². The third kappa shape index (κ3) is 4.94. The van der Waals surface area contributed by atoms with Gasteiger partial charge in [0.05, 0.1) is 15.0 Å². The van der Waals surface area contributed by atoms with Crippen LogP contribution in [0.3, 0.4) is 0 Å². The fourth-order valence-electron chi connectivity index (χ4n) is 3.83. The van der Waals surface area contributed by atoms with Gasteiger partial charge in [-0.2, -0.15) is 0 Å². The molecular formula is C24H24N2O5S2. The zero-order valence-corrected chi connectivity index (χ0v) is 19.6. The Balaban J connectivity index is 1.44. The topological polar surface area (TPSA) is 101 Å². The van der Waals surface area contributed by atoms with Crippen LogP contribution in [0.2, 0.25) is 0 Å². The molecule has 1 N–H and O–H groups in total. The minimum Gasteiger partial charge on any atom is -0.337 e. The molecule has 1 aliphatic rings. The van der Waals surface area contributed by atoms with Crippen LogP contribution in [-0.2, 0) is 19.9 Å².